The van der Waals surface area contributed by atoms with Gasteiger partial charge >= 0.3 is 0 Å². The van der Waals surface area contributed by atoms with E-state index in [2.05, 4.69) is 15.2 Å². The second-order valence-electron chi connectivity index (χ2n) is 6.66. The third kappa shape index (κ3) is 3.80. The van der Waals surface area contributed by atoms with Gasteiger partial charge in [-0.25, -0.2) is 4.68 Å². The van der Waals surface area contributed by atoms with Gasteiger partial charge in [-0.15, -0.1) is 5.10 Å². The minimum atomic E-state index is -0.137. The number of aromatic hydroxyl groups is 1. The van der Waals surface area contributed by atoms with Crippen molar-refractivity contribution >= 4 is 23.2 Å². The predicted molar refractivity (Wildman–Crippen MR) is 107 cm³/mol. The maximum absolute atomic E-state index is 12.8. The fourth-order valence-corrected chi connectivity index (χ4v) is 3.51. The molecule has 1 aliphatic heterocycles. The van der Waals surface area contributed by atoms with E-state index >= 15 is 0 Å². The molecule has 1 aliphatic rings. The number of hydrogen-bond donors (Lipinski definition) is 1. The molecule has 1 aromatic heterocycles. The zero-order chi connectivity index (χ0) is 19.5. The maximum atomic E-state index is 12.8. The number of para-hydroxylation sites is 2. The molecule has 1 amide bonds. The van der Waals surface area contributed by atoms with Crippen LogP contribution < -0.4 is 4.90 Å². The van der Waals surface area contributed by atoms with E-state index in [1.807, 2.05) is 36.4 Å². The largest absolute Gasteiger partial charge is 0.506 e. The SMILES string of the molecule is O=C(c1cn(Cc2ccccc2Cl)nn1)N1CCN(c2ccccc2O)CC1. The molecule has 1 fully saturated rings. The van der Waals surface area contributed by atoms with Gasteiger partial charge in [0.15, 0.2) is 5.69 Å². The van der Waals surface area contributed by atoms with Crippen molar-refractivity contribution in [1.82, 2.24) is 19.9 Å². The van der Waals surface area contributed by atoms with Crippen molar-refractivity contribution < 1.29 is 9.90 Å². The molecule has 0 bridgehead atoms. The molecule has 28 heavy (non-hydrogen) atoms. The number of rotatable bonds is 4. The van der Waals surface area contributed by atoms with Crippen LogP contribution in [-0.4, -0.2) is 57.1 Å². The number of piperazine rings is 1. The van der Waals surface area contributed by atoms with Crippen LogP contribution in [0.3, 0.4) is 0 Å². The molecular formula is C20H20ClN5O2. The predicted octanol–water partition coefficient (Wildman–Crippen LogP) is 2.65. The topological polar surface area (TPSA) is 74.5 Å². The quantitative estimate of drug-likeness (QED) is 0.732. The highest BCUT2D eigenvalue weighted by Gasteiger charge is 2.25. The van der Waals surface area contributed by atoms with Crippen molar-refractivity contribution in [2.45, 2.75) is 6.54 Å². The summed E-state index contributed by atoms with van der Waals surface area (Å²) in [4.78, 5) is 16.6. The van der Waals surface area contributed by atoms with E-state index < -0.39 is 0 Å². The summed E-state index contributed by atoms with van der Waals surface area (Å²) in [6.07, 6.45) is 1.65. The van der Waals surface area contributed by atoms with Gasteiger partial charge in [-0.3, -0.25) is 4.79 Å². The Morgan fingerprint density at radius 3 is 2.50 bits per heavy atom. The highest BCUT2D eigenvalue weighted by atomic mass is 35.5. The number of hydrogen-bond acceptors (Lipinski definition) is 5. The lowest BCUT2D eigenvalue weighted by Crippen LogP contribution is -2.48. The van der Waals surface area contributed by atoms with Crippen LogP contribution in [0.5, 0.6) is 5.75 Å². The van der Waals surface area contributed by atoms with Crippen LogP contribution in [-0.2, 0) is 6.54 Å². The number of aromatic nitrogens is 3. The molecule has 8 heteroatoms. The van der Waals surface area contributed by atoms with Crippen molar-refractivity contribution in [1.29, 1.82) is 0 Å². The van der Waals surface area contributed by atoms with Crippen molar-refractivity contribution in [3.8, 4) is 5.75 Å². The summed E-state index contributed by atoms with van der Waals surface area (Å²) in [5.41, 5.74) is 2.03. The first kappa shape index (κ1) is 18.3. The van der Waals surface area contributed by atoms with Crippen LogP contribution in [0.15, 0.2) is 54.7 Å². The van der Waals surface area contributed by atoms with Crippen LogP contribution in [0, 0.1) is 0 Å². The first-order chi connectivity index (χ1) is 13.6. The second kappa shape index (κ2) is 7.90. The van der Waals surface area contributed by atoms with E-state index in [1.54, 1.807) is 27.9 Å². The smallest absolute Gasteiger partial charge is 0.276 e. The first-order valence-corrected chi connectivity index (χ1v) is 9.45. The number of anilines is 1. The van der Waals surface area contributed by atoms with E-state index in [0.29, 0.717) is 43.4 Å². The van der Waals surface area contributed by atoms with Gasteiger partial charge in [-0.05, 0) is 23.8 Å². The van der Waals surface area contributed by atoms with Crippen LogP contribution in [0.2, 0.25) is 5.02 Å². The molecule has 7 nitrogen and oxygen atoms in total. The van der Waals surface area contributed by atoms with Crippen molar-refractivity contribution in [2.75, 3.05) is 31.1 Å². The fraction of sp³-hybridized carbons (Fsp3) is 0.250. The van der Waals surface area contributed by atoms with Gasteiger partial charge in [0.1, 0.15) is 5.75 Å². The average molecular weight is 398 g/mol. The normalized spacial score (nSPS) is 14.3. The number of halogens is 1. The molecule has 2 aromatic carbocycles. The number of carbonyl (C=O) groups excluding carboxylic acids is 1. The Labute approximate surface area is 167 Å². The standard InChI is InChI=1S/C20H20ClN5O2/c21-16-6-2-1-5-15(16)13-26-14-17(22-23-26)20(28)25-11-9-24(10-12-25)18-7-3-4-8-19(18)27/h1-8,14,27H,9-13H2. The molecule has 2 heterocycles. The Morgan fingerprint density at radius 1 is 1.04 bits per heavy atom. The highest BCUT2D eigenvalue weighted by molar-refractivity contribution is 6.31. The zero-order valence-electron chi connectivity index (χ0n) is 15.2. The van der Waals surface area contributed by atoms with Gasteiger partial charge in [0.05, 0.1) is 18.4 Å². The number of phenols is 1. The van der Waals surface area contributed by atoms with Crippen LogP contribution in [0.25, 0.3) is 0 Å². The minimum absolute atomic E-state index is 0.137. The van der Waals surface area contributed by atoms with E-state index in [9.17, 15) is 9.90 Å². The molecule has 4 rings (SSSR count). The number of benzene rings is 2. The van der Waals surface area contributed by atoms with Gasteiger partial charge in [-0.2, -0.15) is 0 Å². The number of phenolic OH excluding ortho intramolecular Hbond substituents is 1. The Kier molecular flexibility index (Phi) is 5.16. The van der Waals surface area contributed by atoms with Crippen molar-refractivity contribution in [3.63, 3.8) is 0 Å². The second-order valence-corrected chi connectivity index (χ2v) is 7.07. The average Bonchev–Trinajstić information content (AvgIpc) is 3.18. The van der Waals surface area contributed by atoms with Crippen molar-refractivity contribution in [2.24, 2.45) is 0 Å². The maximum Gasteiger partial charge on any atom is 0.276 e. The third-order valence-corrected chi connectivity index (χ3v) is 5.21. The lowest BCUT2D eigenvalue weighted by Gasteiger charge is -2.35. The van der Waals surface area contributed by atoms with Crippen molar-refractivity contribution in [3.05, 3.63) is 71.0 Å². The summed E-state index contributed by atoms with van der Waals surface area (Å²) in [7, 11) is 0. The van der Waals surface area contributed by atoms with Crippen LogP contribution in [0.1, 0.15) is 16.1 Å². The van der Waals surface area contributed by atoms with Gasteiger partial charge in [0.2, 0.25) is 0 Å². The highest BCUT2D eigenvalue weighted by Crippen LogP contribution is 2.27. The van der Waals surface area contributed by atoms with E-state index in [1.165, 1.54) is 0 Å². The molecule has 0 aliphatic carbocycles. The molecule has 1 N–H and O–H groups in total. The van der Waals surface area contributed by atoms with Crippen LogP contribution >= 0.6 is 11.6 Å². The number of carbonyl (C=O) groups is 1. The first-order valence-electron chi connectivity index (χ1n) is 9.07. The lowest BCUT2D eigenvalue weighted by molar-refractivity contribution is 0.0740. The summed E-state index contributed by atoms with van der Waals surface area (Å²) in [6, 6.07) is 14.8. The molecule has 3 aromatic rings. The van der Waals surface area contributed by atoms with Crippen LogP contribution in [0.4, 0.5) is 5.69 Å². The van der Waals surface area contributed by atoms with Gasteiger partial charge in [0.25, 0.3) is 5.91 Å². The Hall–Kier alpha value is -3.06. The zero-order valence-corrected chi connectivity index (χ0v) is 16.0. The van der Waals surface area contributed by atoms with Gasteiger partial charge < -0.3 is 14.9 Å². The summed E-state index contributed by atoms with van der Waals surface area (Å²) < 4.78 is 1.62. The summed E-state index contributed by atoms with van der Waals surface area (Å²) in [5, 5.41) is 18.8. The number of amides is 1. The Morgan fingerprint density at radius 2 is 1.75 bits per heavy atom. The van der Waals surface area contributed by atoms with Gasteiger partial charge in [0, 0.05) is 31.2 Å². The summed E-state index contributed by atoms with van der Waals surface area (Å²) >= 11 is 6.18. The van der Waals surface area contributed by atoms with Gasteiger partial charge in [-0.1, -0.05) is 47.1 Å². The molecule has 0 spiro atoms. The molecule has 1 saturated heterocycles. The van der Waals surface area contributed by atoms with E-state index in [4.69, 9.17) is 11.6 Å². The summed E-state index contributed by atoms with van der Waals surface area (Å²) in [5.74, 6) is 0.118. The molecule has 144 valence electrons. The molecular weight excluding hydrogens is 378 g/mol. The Bertz CT molecular complexity index is 982. The Balaban J connectivity index is 1.39. The van der Waals surface area contributed by atoms with E-state index in [0.717, 1.165) is 11.3 Å². The monoisotopic (exact) mass is 397 g/mol. The number of nitrogens with zero attached hydrogens (tertiary/aromatic N) is 5. The third-order valence-electron chi connectivity index (χ3n) is 4.84. The molecule has 0 saturated carbocycles. The fourth-order valence-electron chi connectivity index (χ4n) is 3.32. The van der Waals surface area contributed by atoms with E-state index in [-0.39, 0.29) is 11.7 Å². The molecule has 0 radical (unpaired) electrons. The molecule has 0 atom stereocenters. The minimum Gasteiger partial charge on any atom is -0.506 e. The summed E-state index contributed by atoms with van der Waals surface area (Å²) in [6.45, 7) is 2.88. The lowest BCUT2D eigenvalue weighted by atomic mass is 10.2. The molecule has 0 unspecified atom stereocenters.